The molecule has 0 aromatic heterocycles. The number of ether oxygens (including phenoxy) is 1. The van der Waals surface area contributed by atoms with E-state index in [0.717, 1.165) is 6.42 Å². The topological polar surface area (TPSA) is 47.3 Å². The summed E-state index contributed by atoms with van der Waals surface area (Å²) in [5, 5.41) is 0. The lowest BCUT2D eigenvalue weighted by molar-refractivity contribution is 0.100. The minimum atomic E-state index is 0.153. The molecule has 0 aliphatic heterocycles. The summed E-state index contributed by atoms with van der Waals surface area (Å²) >= 11 is 0. The molecule has 0 radical (unpaired) electrons. The molecule has 84 valence electrons. The molecule has 2 atom stereocenters. The van der Waals surface area contributed by atoms with Crippen LogP contribution in [0.15, 0.2) is 24.3 Å². The maximum Gasteiger partial charge on any atom is 0.0561 e. The first kappa shape index (κ1) is 12.2. The van der Waals surface area contributed by atoms with Crippen molar-refractivity contribution < 1.29 is 4.74 Å². The van der Waals surface area contributed by atoms with E-state index in [1.165, 1.54) is 11.1 Å². The molecular formula is C12H20N2O. The fraction of sp³-hybridized carbons (Fsp3) is 0.500. The summed E-state index contributed by atoms with van der Waals surface area (Å²) in [7, 11) is 1.72. The average molecular weight is 208 g/mol. The Bertz CT molecular complexity index is 284. The minimum absolute atomic E-state index is 0.153. The number of methoxy groups -OCH3 is 1. The zero-order chi connectivity index (χ0) is 11.3. The summed E-state index contributed by atoms with van der Waals surface area (Å²) in [4.78, 5) is 0. The van der Waals surface area contributed by atoms with Gasteiger partial charge in [-0.05, 0) is 25.8 Å². The number of nitrogens with two attached hydrogens (primary N) is 1. The lowest BCUT2D eigenvalue weighted by atomic mass is 10.0. The molecule has 3 heteroatoms. The SMILES string of the molecule is COC(C)CC(NN)c1ccc(C)cc1. The van der Waals surface area contributed by atoms with E-state index in [0.29, 0.717) is 0 Å². The molecule has 0 saturated heterocycles. The summed E-state index contributed by atoms with van der Waals surface area (Å²) in [5.74, 6) is 5.54. The largest absolute Gasteiger partial charge is 0.382 e. The third-order valence-electron chi connectivity index (χ3n) is 2.65. The van der Waals surface area contributed by atoms with Gasteiger partial charge in [0.25, 0.3) is 0 Å². The second kappa shape index (κ2) is 5.85. The second-order valence-electron chi connectivity index (χ2n) is 3.91. The number of hydrazine groups is 1. The molecule has 0 aliphatic carbocycles. The molecule has 1 aromatic carbocycles. The van der Waals surface area contributed by atoms with Crippen LogP contribution < -0.4 is 11.3 Å². The first-order valence-corrected chi connectivity index (χ1v) is 5.23. The minimum Gasteiger partial charge on any atom is -0.382 e. The maximum atomic E-state index is 5.54. The molecule has 2 unspecified atom stereocenters. The predicted molar refractivity (Wildman–Crippen MR) is 62.3 cm³/mol. The molecule has 0 fully saturated rings. The van der Waals surface area contributed by atoms with Gasteiger partial charge in [-0.25, -0.2) is 0 Å². The van der Waals surface area contributed by atoms with Crippen LogP contribution in [0.1, 0.15) is 30.5 Å². The Balaban J connectivity index is 2.69. The van der Waals surface area contributed by atoms with Gasteiger partial charge in [0.15, 0.2) is 0 Å². The van der Waals surface area contributed by atoms with Crippen LogP contribution in [0.4, 0.5) is 0 Å². The summed E-state index contributed by atoms with van der Waals surface area (Å²) in [5.41, 5.74) is 5.28. The highest BCUT2D eigenvalue weighted by Gasteiger charge is 2.13. The first-order chi connectivity index (χ1) is 7.17. The van der Waals surface area contributed by atoms with Crippen molar-refractivity contribution in [2.24, 2.45) is 5.84 Å². The van der Waals surface area contributed by atoms with Gasteiger partial charge in [0.1, 0.15) is 0 Å². The number of nitrogens with one attached hydrogen (secondary N) is 1. The van der Waals surface area contributed by atoms with E-state index in [-0.39, 0.29) is 12.1 Å². The third kappa shape index (κ3) is 3.63. The van der Waals surface area contributed by atoms with E-state index < -0.39 is 0 Å². The van der Waals surface area contributed by atoms with E-state index >= 15 is 0 Å². The lowest BCUT2D eigenvalue weighted by Crippen LogP contribution is -2.30. The number of benzene rings is 1. The van der Waals surface area contributed by atoms with Crippen LogP contribution in [0.2, 0.25) is 0 Å². The summed E-state index contributed by atoms with van der Waals surface area (Å²) < 4.78 is 5.23. The van der Waals surface area contributed by atoms with Crippen molar-refractivity contribution in [1.82, 2.24) is 5.43 Å². The fourth-order valence-corrected chi connectivity index (χ4v) is 1.53. The smallest absolute Gasteiger partial charge is 0.0561 e. The standard InChI is InChI=1S/C12H20N2O/c1-9-4-6-11(7-5-9)12(14-13)8-10(2)15-3/h4-7,10,12,14H,8,13H2,1-3H3. The van der Waals surface area contributed by atoms with Gasteiger partial charge < -0.3 is 4.74 Å². The van der Waals surface area contributed by atoms with Crippen LogP contribution in [0, 0.1) is 6.92 Å². The van der Waals surface area contributed by atoms with Gasteiger partial charge in [0, 0.05) is 13.2 Å². The maximum absolute atomic E-state index is 5.54. The summed E-state index contributed by atoms with van der Waals surface area (Å²) in [6.07, 6.45) is 1.07. The van der Waals surface area contributed by atoms with E-state index in [4.69, 9.17) is 10.6 Å². The molecular weight excluding hydrogens is 188 g/mol. The molecule has 3 N–H and O–H groups in total. The van der Waals surface area contributed by atoms with Crippen LogP contribution in [0.25, 0.3) is 0 Å². The van der Waals surface area contributed by atoms with Gasteiger partial charge in [-0.1, -0.05) is 29.8 Å². The van der Waals surface area contributed by atoms with Gasteiger partial charge in [-0.3, -0.25) is 11.3 Å². The Labute approximate surface area is 91.6 Å². The highest BCUT2D eigenvalue weighted by Crippen LogP contribution is 2.19. The molecule has 0 saturated carbocycles. The predicted octanol–water partition coefficient (Wildman–Crippen LogP) is 1.92. The van der Waals surface area contributed by atoms with Crippen molar-refractivity contribution in [3.63, 3.8) is 0 Å². The van der Waals surface area contributed by atoms with Crippen molar-refractivity contribution >= 4 is 0 Å². The molecule has 0 spiro atoms. The van der Waals surface area contributed by atoms with Gasteiger partial charge in [0.05, 0.1) is 6.10 Å². The lowest BCUT2D eigenvalue weighted by Gasteiger charge is -2.19. The molecule has 0 aliphatic rings. The average Bonchev–Trinajstić information content (AvgIpc) is 2.27. The second-order valence-corrected chi connectivity index (χ2v) is 3.91. The monoisotopic (exact) mass is 208 g/mol. The van der Waals surface area contributed by atoms with Crippen molar-refractivity contribution in [3.8, 4) is 0 Å². The normalized spacial score (nSPS) is 14.9. The van der Waals surface area contributed by atoms with E-state index in [1.54, 1.807) is 7.11 Å². The van der Waals surface area contributed by atoms with Crippen LogP contribution >= 0.6 is 0 Å². The molecule has 0 amide bonds. The van der Waals surface area contributed by atoms with Crippen molar-refractivity contribution in [2.75, 3.05) is 7.11 Å². The van der Waals surface area contributed by atoms with Crippen LogP contribution in [0.3, 0.4) is 0 Å². The fourth-order valence-electron chi connectivity index (χ4n) is 1.53. The van der Waals surface area contributed by atoms with E-state index in [1.807, 2.05) is 6.92 Å². The Morgan fingerprint density at radius 2 is 1.93 bits per heavy atom. The van der Waals surface area contributed by atoms with E-state index in [2.05, 4.69) is 36.6 Å². The molecule has 1 aromatic rings. The Morgan fingerprint density at radius 3 is 2.40 bits per heavy atom. The van der Waals surface area contributed by atoms with Crippen molar-refractivity contribution in [2.45, 2.75) is 32.4 Å². The molecule has 1 rings (SSSR count). The quantitative estimate of drug-likeness (QED) is 0.574. The van der Waals surface area contributed by atoms with E-state index in [9.17, 15) is 0 Å². The van der Waals surface area contributed by atoms with Crippen LogP contribution in [0.5, 0.6) is 0 Å². The highest BCUT2D eigenvalue weighted by atomic mass is 16.5. The molecule has 15 heavy (non-hydrogen) atoms. The summed E-state index contributed by atoms with van der Waals surface area (Å²) in [6.45, 7) is 4.12. The Kier molecular flexibility index (Phi) is 4.75. The number of rotatable bonds is 5. The van der Waals surface area contributed by atoms with Gasteiger partial charge in [-0.2, -0.15) is 0 Å². The molecule has 0 bridgehead atoms. The zero-order valence-electron chi connectivity index (χ0n) is 9.66. The summed E-state index contributed by atoms with van der Waals surface area (Å²) in [6, 6.07) is 8.54. The number of hydrogen-bond acceptors (Lipinski definition) is 3. The van der Waals surface area contributed by atoms with Crippen LogP contribution in [-0.2, 0) is 4.74 Å². The van der Waals surface area contributed by atoms with Gasteiger partial charge >= 0.3 is 0 Å². The number of hydrogen-bond donors (Lipinski definition) is 2. The van der Waals surface area contributed by atoms with Gasteiger partial charge in [0.2, 0.25) is 0 Å². The Morgan fingerprint density at radius 1 is 1.33 bits per heavy atom. The highest BCUT2D eigenvalue weighted by molar-refractivity contribution is 5.24. The van der Waals surface area contributed by atoms with Crippen LogP contribution in [-0.4, -0.2) is 13.2 Å². The van der Waals surface area contributed by atoms with Gasteiger partial charge in [-0.15, -0.1) is 0 Å². The molecule has 3 nitrogen and oxygen atoms in total. The molecule has 0 heterocycles. The first-order valence-electron chi connectivity index (χ1n) is 5.23. The van der Waals surface area contributed by atoms with Crippen molar-refractivity contribution in [3.05, 3.63) is 35.4 Å². The Hall–Kier alpha value is -0.900. The third-order valence-corrected chi connectivity index (χ3v) is 2.65. The van der Waals surface area contributed by atoms with Crippen molar-refractivity contribution in [1.29, 1.82) is 0 Å². The zero-order valence-corrected chi connectivity index (χ0v) is 9.66. The number of aryl methyl sites for hydroxylation is 1.